The highest BCUT2D eigenvalue weighted by atomic mass is 35.5. The fourth-order valence-electron chi connectivity index (χ4n) is 3.02. The quantitative estimate of drug-likeness (QED) is 0.610. The molecule has 0 radical (unpaired) electrons. The van der Waals surface area contributed by atoms with Crippen molar-refractivity contribution < 1.29 is 5.11 Å². The van der Waals surface area contributed by atoms with Crippen molar-refractivity contribution in [3.8, 4) is 5.75 Å². The van der Waals surface area contributed by atoms with Gasteiger partial charge in [-0.15, -0.1) is 0 Å². The lowest BCUT2D eigenvalue weighted by Gasteiger charge is -2.19. The van der Waals surface area contributed by atoms with Gasteiger partial charge in [-0.2, -0.15) is 0 Å². The van der Waals surface area contributed by atoms with Crippen molar-refractivity contribution in [2.45, 2.75) is 13.0 Å². The summed E-state index contributed by atoms with van der Waals surface area (Å²) in [5.74, 6) is -0.223. The van der Waals surface area contributed by atoms with Crippen LogP contribution in [-0.2, 0) is 13.6 Å². The van der Waals surface area contributed by atoms with Crippen molar-refractivity contribution in [1.29, 1.82) is 0 Å². The second kappa shape index (κ2) is 8.41. The van der Waals surface area contributed by atoms with Crippen LogP contribution in [0.4, 0.5) is 5.69 Å². The summed E-state index contributed by atoms with van der Waals surface area (Å²) >= 11 is 6.03. The van der Waals surface area contributed by atoms with Crippen molar-refractivity contribution >= 4 is 28.2 Å². The maximum Gasteiger partial charge on any atom is 0.223 e. The topological polar surface area (TPSA) is 70.4 Å². The first kappa shape index (κ1) is 19.2. The average molecular weight is 387 g/mol. The van der Waals surface area contributed by atoms with Gasteiger partial charge in [0, 0.05) is 60.4 Å². The number of hydrogen-bond donors (Lipinski definition) is 2. The van der Waals surface area contributed by atoms with Crippen LogP contribution in [0.5, 0.6) is 5.75 Å². The third-order valence-electron chi connectivity index (χ3n) is 4.49. The number of hydrogen-bond acceptors (Lipinski definition) is 5. The Morgan fingerprint density at radius 3 is 2.93 bits per heavy atom. The molecule has 7 heteroatoms. The number of benzene rings is 1. The molecule has 3 aromatic rings. The van der Waals surface area contributed by atoms with Crippen LogP contribution in [0.25, 0.3) is 10.9 Å². The number of halogens is 1. The third-order valence-corrected chi connectivity index (χ3v) is 4.72. The molecule has 0 spiro atoms. The molecule has 0 aliphatic carbocycles. The Morgan fingerprint density at radius 2 is 2.11 bits per heavy atom. The highest BCUT2D eigenvalue weighted by Gasteiger charge is 2.07. The second-order valence-corrected chi connectivity index (χ2v) is 7.10. The zero-order chi connectivity index (χ0) is 19.4. The van der Waals surface area contributed by atoms with Crippen molar-refractivity contribution in [2.24, 2.45) is 7.05 Å². The van der Waals surface area contributed by atoms with Crippen molar-refractivity contribution in [3.63, 3.8) is 0 Å². The highest BCUT2D eigenvalue weighted by molar-refractivity contribution is 6.31. The summed E-state index contributed by atoms with van der Waals surface area (Å²) < 4.78 is 1.78. The Balaban J connectivity index is 1.53. The van der Waals surface area contributed by atoms with Crippen LogP contribution in [-0.4, -0.2) is 39.7 Å². The van der Waals surface area contributed by atoms with E-state index in [0.717, 1.165) is 41.8 Å². The van der Waals surface area contributed by atoms with Gasteiger partial charge >= 0.3 is 0 Å². The summed E-state index contributed by atoms with van der Waals surface area (Å²) in [4.78, 5) is 18.1. The van der Waals surface area contributed by atoms with Gasteiger partial charge in [-0.1, -0.05) is 11.6 Å². The maximum atomic E-state index is 11.6. The summed E-state index contributed by atoms with van der Waals surface area (Å²) in [5, 5.41) is 14.6. The lowest BCUT2D eigenvalue weighted by atomic mass is 10.2. The van der Waals surface area contributed by atoms with E-state index in [9.17, 15) is 9.90 Å². The van der Waals surface area contributed by atoms with Crippen LogP contribution in [0.1, 0.15) is 12.1 Å². The summed E-state index contributed by atoms with van der Waals surface area (Å²) in [6.45, 7) is 2.33. The Morgan fingerprint density at radius 1 is 1.30 bits per heavy atom. The Kier molecular flexibility index (Phi) is 5.98. The number of anilines is 1. The van der Waals surface area contributed by atoms with Crippen LogP contribution in [0.3, 0.4) is 0 Å². The smallest absolute Gasteiger partial charge is 0.223 e. The predicted octanol–water partition coefficient (Wildman–Crippen LogP) is 3.23. The van der Waals surface area contributed by atoms with Gasteiger partial charge in [-0.05, 0) is 44.3 Å². The minimum Gasteiger partial charge on any atom is -0.503 e. The second-order valence-electron chi connectivity index (χ2n) is 6.66. The van der Waals surface area contributed by atoms with Crippen LogP contribution in [0.2, 0.25) is 5.02 Å². The fourth-order valence-corrected chi connectivity index (χ4v) is 3.18. The van der Waals surface area contributed by atoms with E-state index in [-0.39, 0.29) is 11.2 Å². The normalized spacial score (nSPS) is 11.3. The predicted molar refractivity (Wildman–Crippen MR) is 110 cm³/mol. The van der Waals surface area contributed by atoms with E-state index in [0.29, 0.717) is 11.6 Å². The van der Waals surface area contributed by atoms with E-state index in [2.05, 4.69) is 15.2 Å². The summed E-state index contributed by atoms with van der Waals surface area (Å²) in [7, 11) is 3.84. The number of nitrogens with zero attached hydrogens (tertiary/aromatic N) is 3. The van der Waals surface area contributed by atoms with Crippen LogP contribution >= 0.6 is 11.6 Å². The Bertz CT molecular complexity index is 1000. The SMILES string of the molecule is CN(CCCNc1ccnc2cc(Cl)ccc12)Cc1cc(=O)c(O)cn1C. The summed E-state index contributed by atoms with van der Waals surface area (Å²) in [6.07, 6.45) is 4.17. The Hall–Kier alpha value is -2.57. The standard InChI is InChI=1S/C20H23ClN4O2/c1-24(12-15-11-19(26)20(27)13-25(15)2)9-3-7-22-17-6-8-23-18-10-14(21)4-5-16(17)18/h4-6,8,10-11,13,27H,3,7,9,12H2,1-2H3,(H,22,23). The lowest BCUT2D eigenvalue weighted by molar-refractivity contribution is 0.316. The van der Waals surface area contributed by atoms with Crippen LogP contribution < -0.4 is 10.7 Å². The van der Waals surface area contributed by atoms with E-state index in [1.165, 1.54) is 12.3 Å². The lowest BCUT2D eigenvalue weighted by Crippen LogP contribution is -2.24. The Labute approximate surface area is 163 Å². The molecule has 0 atom stereocenters. The van der Waals surface area contributed by atoms with E-state index < -0.39 is 0 Å². The van der Waals surface area contributed by atoms with Crippen molar-refractivity contribution in [2.75, 3.05) is 25.5 Å². The first-order valence-corrected chi connectivity index (χ1v) is 9.17. The molecule has 0 bridgehead atoms. The molecule has 27 heavy (non-hydrogen) atoms. The van der Waals surface area contributed by atoms with Crippen LogP contribution in [0.15, 0.2) is 47.5 Å². The number of rotatable bonds is 7. The zero-order valence-corrected chi connectivity index (χ0v) is 16.2. The first-order valence-electron chi connectivity index (χ1n) is 8.79. The molecule has 0 saturated carbocycles. The van der Waals surface area contributed by atoms with Crippen molar-refractivity contribution in [1.82, 2.24) is 14.5 Å². The molecule has 0 fully saturated rings. The molecule has 0 saturated heterocycles. The van der Waals surface area contributed by atoms with Gasteiger partial charge < -0.3 is 19.9 Å². The zero-order valence-electron chi connectivity index (χ0n) is 15.4. The number of fused-ring (bicyclic) bond motifs is 1. The maximum absolute atomic E-state index is 11.6. The minimum absolute atomic E-state index is 0.223. The molecular weight excluding hydrogens is 364 g/mol. The molecule has 0 aliphatic rings. The van der Waals surface area contributed by atoms with Crippen molar-refractivity contribution in [3.05, 3.63) is 63.7 Å². The van der Waals surface area contributed by atoms with E-state index >= 15 is 0 Å². The molecule has 1 aromatic carbocycles. The molecule has 2 N–H and O–H groups in total. The number of aromatic hydroxyl groups is 1. The molecule has 2 heterocycles. The summed E-state index contributed by atoms with van der Waals surface area (Å²) in [6, 6.07) is 9.15. The van der Waals surface area contributed by atoms with Gasteiger partial charge in [0.05, 0.1) is 5.52 Å². The summed E-state index contributed by atoms with van der Waals surface area (Å²) in [5.41, 5.74) is 2.44. The monoisotopic (exact) mass is 386 g/mol. The molecule has 6 nitrogen and oxygen atoms in total. The van der Waals surface area contributed by atoms with E-state index in [4.69, 9.17) is 11.6 Å². The van der Waals surface area contributed by atoms with Gasteiger partial charge in [0.2, 0.25) is 5.43 Å². The molecule has 142 valence electrons. The van der Waals surface area contributed by atoms with Gasteiger partial charge in [-0.3, -0.25) is 9.78 Å². The number of aromatic nitrogens is 2. The first-order chi connectivity index (χ1) is 12.9. The highest BCUT2D eigenvalue weighted by Crippen LogP contribution is 2.24. The van der Waals surface area contributed by atoms with Crippen LogP contribution in [0, 0.1) is 0 Å². The number of nitrogens with one attached hydrogen (secondary N) is 1. The number of aryl methyl sites for hydroxylation is 1. The molecule has 0 unspecified atom stereocenters. The molecule has 0 aliphatic heterocycles. The number of pyridine rings is 2. The molecule has 0 amide bonds. The van der Waals surface area contributed by atoms with Gasteiger partial charge in [0.25, 0.3) is 0 Å². The van der Waals surface area contributed by atoms with E-state index in [1.807, 2.05) is 38.4 Å². The molecular formula is C20H23ClN4O2. The fraction of sp³-hybridized carbons (Fsp3) is 0.300. The van der Waals surface area contributed by atoms with Gasteiger partial charge in [-0.25, -0.2) is 0 Å². The average Bonchev–Trinajstić information content (AvgIpc) is 2.63. The molecule has 3 rings (SSSR count). The largest absolute Gasteiger partial charge is 0.503 e. The van der Waals surface area contributed by atoms with Gasteiger partial charge in [0.15, 0.2) is 5.75 Å². The minimum atomic E-state index is -0.345. The van der Waals surface area contributed by atoms with E-state index in [1.54, 1.807) is 10.8 Å². The molecule has 2 aromatic heterocycles. The third kappa shape index (κ3) is 4.78. The van der Waals surface area contributed by atoms with Gasteiger partial charge in [0.1, 0.15) is 0 Å².